The van der Waals surface area contributed by atoms with Gasteiger partial charge in [0.05, 0.1) is 12.3 Å². The first kappa shape index (κ1) is 21.5. The van der Waals surface area contributed by atoms with E-state index < -0.39 is 30.1 Å². The summed E-state index contributed by atoms with van der Waals surface area (Å²) >= 11 is 0. The van der Waals surface area contributed by atoms with Crippen LogP contribution in [0.4, 0.5) is 33.3 Å². The molecule has 0 N–H and O–H groups in total. The molecule has 1 heterocycles. The normalized spacial score (nSPS) is 19.3. The number of benzene rings is 2. The van der Waals surface area contributed by atoms with E-state index in [-0.39, 0.29) is 27.9 Å². The highest BCUT2D eigenvalue weighted by Crippen LogP contribution is 2.48. The largest absolute Gasteiger partial charge is 0.463 e. The van der Waals surface area contributed by atoms with Crippen molar-refractivity contribution in [2.24, 2.45) is 5.10 Å². The molecule has 2 aromatic carbocycles. The lowest BCUT2D eigenvalue weighted by molar-refractivity contribution is -0.203. The Balaban J connectivity index is 2.36. The first-order chi connectivity index (χ1) is 14.1. The van der Waals surface area contributed by atoms with E-state index >= 15 is 0 Å². The van der Waals surface area contributed by atoms with Crippen LogP contribution in [0.3, 0.4) is 0 Å². The van der Waals surface area contributed by atoms with Crippen molar-refractivity contribution in [2.75, 3.05) is 16.5 Å². The standard InChI is InChI=1S/C20H18F5N3O2/c1-3-30-18(29)19(20(23,24)25)27(14-11-9-13(2)10-12-14)17(16(21)22)26-28(19)15-7-5-4-6-8-15/h4-12,16H,3H2,1-2H3. The highest BCUT2D eigenvalue weighted by Gasteiger charge is 2.74. The average molecular weight is 427 g/mol. The van der Waals surface area contributed by atoms with Gasteiger partial charge in [-0.3, -0.25) is 4.90 Å². The Hall–Kier alpha value is -3.17. The van der Waals surface area contributed by atoms with Crippen molar-refractivity contribution in [3.63, 3.8) is 0 Å². The van der Waals surface area contributed by atoms with Gasteiger partial charge >= 0.3 is 17.8 Å². The number of ether oxygens (including phenoxy) is 1. The lowest BCUT2D eigenvalue weighted by atomic mass is 10.0. The Kier molecular flexibility index (Phi) is 5.69. The van der Waals surface area contributed by atoms with E-state index in [2.05, 4.69) is 5.10 Å². The van der Waals surface area contributed by atoms with Gasteiger partial charge in [-0.05, 0) is 38.1 Å². The maximum atomic E-state index is 14.7. The van der Waals surface area contributed by atoms with Crippen LogP contribution in [0.25, 0.3) is 0 Å². The molecule has 0 spiro atoms. The van der Waals surface area contributed by atoms with Crippen LogP contribution >= 0.6 is 0 Å². The number of alkyl halides is 5. The minimum absolute atomic E-state index is 0.198. The zero-order valence-electron chi connectivity index (χ0n) is 16.0. The summed E-state index contributed by atoms with van der Waals surface area (Å²) in [6.45, 7) is 2.63. The van der Waals surface area contributed by atoms with Crippen molar-refractivity contribution in [3.05, 3.63) is 60.2 Å². The number of carbonyl (C=O) groups excluding carboxylic acids is 1. The van der Waals surface area contributed by atoms with Crippen LogP contribution in [0.5, 0.6) is 0 Å². The second-order valence-corrected chi connectivity index (χ2v) is 6.47. The van der Waals surface area contributed by atoms with Gasteiger partial charge < -0.3 is 4.74 Å². The number of rotatable bonds is 5. The maximum Gasteiger partial charge on any atom is 0.444 e. The van der Waals surface area contributed by atoms with Crippen LogP contribution in [-0.4, -0.2) is 36.7 Å². The number of aryl methyl sites for hydroxylation is 1. The smallest absolute Gasteiger partial charge is 0.444 e. The zero-order chi connectivity index (χ0) is 22.1. The average Bonchev–Trinajstić information content (AvgIpc) is 3.07. The fourth-order valence-electron chi connectivity index (χ4n) is 3.22. The topological polar surface area (TPSA) is 45.1 Å². The second-order valence-electron chi connectivity index (χ2n) is 6.47. The van der Waals surface area contributed by atoms with Crippen molar-refractivity contribution in [1.82, 2.24) is 0 Å². The molecule has 0 amide bonds. The third-order valence-corrected chi connectivity index (χ3v) is 4.51. The SMILES string of the molecule is CCOC(=O)C1(C(F)(F)F)N(c2ccccc2)N=C(C(F)F)N1c1ccc(C)cc1. The molecule has 3 rings (SSSR count). The summed E-state index contributed by atoms with van der Waals surface area (Å²) in [5.74, 6) is -2.98. The number of amidine groups is 1. The molecule has 0 saturated carbocycles. The fraction of sp³-hybridized carbons (Fsp3) is 0.300. The molecule has 1 aliphatic rings. The van der Waals surface area contributed by atoms with Crippen molar-refractivity contribution < 1.29 is 31.5 Å². The lowest BCUT2D eigenvalue weighted by Crippen LogP contribution is -2.71. The number of nitrogens with zero attached hydrogens (tertiary/aromatic N) is 3. The third-order valence-electron chi connectivity index (χ3n) is 4.51. The van der Waals surface area contributed by atoms with Crippen LogP contribution < -0.4 is 9.91 Å². The zero-order valence-corrected chi connectivity index (χ0v) is 16.0. The van der Waals surface area contributed by atoms with Gasteiger partial charge in [0, 0.05) is 5.69 Å². The molecule has 1 unspecified atom stereocenters. The Morgan fingerprint density at radius 1 is 1.07 bits per heavy atom. The van der Waals surface area contributed by atoms with E-state index in [1.54, 1.807) is 6.92 Å². The molecule has 0 bridgehead atoms. The summed E-state index contributed by atoms with van der Waals surface area (Å²) in [7, 11) is 0. The molecule has 30 heavy (non-hydrogen) atoms. The summed E-state index contributed by atoms with van der Waals surface area (Å²) in [4.78, 5) is 13.1. The second kappa shape index (κ2) is 7.92. The van der Waals surface area contributed by atoms with Gasteiger partial charge in [-0.2, -0.15) is 13.2 Å². The maximum absolute atomic E-state index is 14.7. The highest BCUT2D eigenvalue weighted by molar-refractivity contribution is 6.11. The molecule has 1 aliphatic heterocycles. The fourth-order valence-corrected chi connectivity index (χ4v) is 3.22. The molecule has 0 aromatic heterocycles. The minimum Gasteiger partial charge on any atom is -0.463 e. The molecule has 10 heteroatoms. The van der Waals surface area contributed by atoms with E-state index in [4.69, 9.17) is 4.74 Å². The van der Waals surface area contributed by atoms with Gasteiger partial charge in [0.2, 0.25) is 0 Å². The summed E-state index contributed by atoms with van der Waals surface area (Å²) in [6, 6.07) is 12.2. The number of hydrogen-bond donors (Lipinski definition) is 0. The summed E-state index contributed by atoms with van der Waals surface area (Å²) in [5.41, 5.74) is -3.42. The number of para-hydroxylation sites is 1. The lowest BCUT2D eigenvalue weighted by Gasteiger charge is -2.42. The Morgan fingerprint density at radius 2 is 1.67 bits per heavy atom. The third kappa shape index (κ3) is 3.35. The molecule has 1 atom stereocenters. The van der Waals surface area contributed by atoms with Gasteiger partial charge in [-0.1, -0.05) is 35.9 Å². The molecule has 2 aromatic rings. The minimum atomic E-state index is -5.36. The van der Waals surface area contributed by atoms with Gasteiger partial charge in [-0.15, -0.1) is 5.10 Å². The van der Waals surface area contributed by atoms with E-state index in [0.717, 1.165) is 0 Å². The van der Waals surface area contributed by atoms with Gasteiger partial charge in [0.1, 0.15) is 0 Å². The molecule has 0 aliphatic carbocycles. The molecular weight excluding hydrogens is 409 g/mol. The first-order valence-electron chi connectivity index (χ1n) is 8.97. The molecule has 5 nitrogen and oxygen atoms in total. The van der Waals surface area contributed by atoms with Crippen LogP contribution in [0.15, 0.2) is 59.7 Å². The van der Waals surface area contributed by atoms with Crippen LogP contribution in [0.2, 0.25) is 0 Å². The predicted molar refractivity (Wildman–Crippen MR) is 101 cm³/mol. The number of carbonyl (C=O) groups is 1. The summed E-state index contributed by atoms with van der Waals surface area (Å²) < 4.78 is 76.6. The van der Waals surface area contributed by atoms with Crippen molar-refractivity contribution in [3.8, 4) is 0 Å². The van der Waals surface area contributed by atoms with Crippen molar-refractivity contribution in [2.45, 2.75) is 32.1 Å². The number of esters is 1. The summed E-state index contributed by atoms with van der Waals surface area (Å²) in [5, 5.41) is 3.82. The Bertz CT molecular complexity index is 932. The number of anilines is 2. The molecule has 160 valence electrons. The highest BCUT2D eigenvalue weighted by atomic mass is 19.4. The number of halogens is 5. The van der Waals surface area contributed by atoms with E-state index in [1.165, 1.54) is 61.5 Å². The van der Waals surface area contributed by atoms with Gasteiger partial charge in [-0.25, -0.2) is 18.6 Å². The van der Waals surface area contributed by atoms with E-state index in [9.17, 15) is 26.7 Å². The quantitative estimate of drug-likeness (QED) is 0.512. The predicted octanol–water partition coefficient (Wildman–Crippen LogP) is 4.72. The summed E-state index contributed by atoms with van der Waals surface area (Å²) in [6.07, 6.45) is -8.75. The van der Waals surface area contributed by atoms with Crippen LogP contribution in [0.1, 0.15) is 12.5 Å². The monoisotopic (exact) mass is 427 g/mol. The van der Waals surface area contributed by atoms with Crippen LogP contribution in [-0.2, 0) is 9.53 Å². The van der Waals surface area contributed by atoms with E-state index in [0.29, 0.717) is 5.56 Å². The Morgan fingerprint density at radius 3 is 2.17 bits per heavy atom. The van der Waals surface area contributed by atoms with E-state index in [1.807, 2.05) is 0 Å². The molecule has 0 saturated heterocycles. The Labute approximate surface area is 169 Å². The van der Waals surface area contributed by atoms with Crippen LogP contribution in [0, 0.1) is 6.92 Å². The molecule has 0 fully saturated rings. The number of hydrogen-bond acceptors (Lipinski definition) is 5. The van der Waals surface area contributed by atoms with Crippen molar-refractivity contribution in [1.29, 1.82) is 0 Å². The van der Waals surface area contributed by atoms with Crippen molar-refractivity contribution >= 4 is 23.2 Å². The molecule has 0 radical (unpaired) electrons. The van der Waals surface area contributed by atoms with Gasteiger partial charge in [0.25, 0.3) is 6.43 Å². The number of hydrazone groups is 1. The van der Waals surface area contributed by atoms with Gasteiger partial charge in [0.15, 0.2) is 5.84 Å². The molecular formula is C20H18F5N3O2. The first-order valence-corrected chi connectivity index (χ1v) is 8.97.